The fourth-order valence-electron chi connectivity index (χ4n) is 3.83. The van der Waals surface area contributed by atoms with E-state index in [0.717, 1.165) is 43.7 Å². The van der Waals surface area contributed by atoms with E-state index in [1.54, 1.807) is 0 Å². The van der Waals surface area contributed by atoms with Crippen molar-refractivity contribution in [2.45, 2.75) is 58.5 Å². The topological polar surface area (TPSA) is 72.9 Å². The van der Waals surface area contributed by atoms with Crippen LogP contribution in [0.2, 0.25) is 0 Å². The van der Waals surface area contributed by atoms with Crippen LogP contribution in [0.3, 0.4) is 0 Å². The number of carbonyl (C=O) groups is 2. The number of nitrogens with one attached hydrogen (secondary N) is 1. The summed E-state index contributed by atoms with van der Waals surface area (Å²) in [5.74, 6) is -0.419. The summed E-state index contributed by atoms with van der Waals surface area (Å²) in [4.78, 5) is 28.0. The molecule has 6 heteroatoms. The van der Waals surface area contributed by atoms with Crippen molar-refractivity contribution in [1.82, 2.24) is 9.80 Å². The summed E-state index contributed by atoms with van der Waals surface area (Å²) in [5, 5.41) is 12.1. The number of carboxylic acids is 1. The molecule has 1 aliphatic heterocycles. The third-order valence-corrected chi connectivity index (χ3v) is 5.53. The zero-order valence-electron chi connectivity index (χ0n) is 16.9. The van der Waals surface area contributed by atoms with Gasteiger partial charge in [0.2, 0.25) is 5.91 Å². The third kappa shape index (κ3) is 5.78. The Morgan fingerprint density at radius 2 is 1.85 bits per heavy atom. The molecule has 0 saturated carbocycles. The molecule has 0 spiro atoms. The quantitative estimate of drug-likeness (QED) is 0.731. The van der Waals surface area contributed by atoms with Gasteiger partial charge >= 0.3 is 5.97 Å². The van der Waals surface area contributed by atoms with Gasteiger partial charge in [-0.2, -0.15) is 0 Å². The van der Waals surface area contributed by atoms with E-state index < -0.39 is 5.97 Å². The van der Waals surface area contributed by atoms with Crippen LogP contribution in [0.4, 0.5) is 5.69 Å². The van der Waals surface area contributed by atoms with Crippen LogP contribution in [0.1, 0.15) is 52.0 Å². The number of piperidine rings is 1. The number of hydrogen-bond acceptors (Lipinski definition) is 4. The van der Waals surface area contributed by atoms with Crippen LogP contribution in [-0.2, 0) is 9.59 Å². The van der Waals surface area contributed by atoms with E-state index in [-0.39, 0.29) is 24.5 Å². The van der Waals surface area contributed by atoms with Crippen molar-refractivity contribution in [2.24, 2.45) is 0 Å². The van der Waals surface area contributed by atoms with Crippen LogP contribution in [0.25, 0.3) is 0 Å². The first-order valence-corrected chi connectivity index (χ1v) is 9.93. The second-order valence-electron chi connectivity index (χ2n) is 7.63. The number of rotatable bonds is 8. The van der Waals surface area contributed by atoms with E-state index in [1.807, 2.05) is 36.9 Å². The fraction of sp³-hybridized carbons (Fsp3) is 0.619. The van der Waals surface area contributed by atoms with Gasteiger partial charge in [0, 0.05) is 24.8 Å². The molecule has 1 unspecified atom stereocenters. The van der Waals surface area contributed by atoms with Crippen molar-refractivity contribution in [3.8, 4) is 0 Å². The number of para-hydroxylation sites is 1. The van der Waals surface area contributed by atoms with Gasteiger partial charge < -0.3 is 10.4 Å². The molecule has 0 aliphatic carbocycles. The number of likely N-dealkylation sites (N-methyl/N-ethyl adjacent to an activating group) is 1. The Hall–Kier alpha value is -1.92. The maximum atomic E-state index is 12.8. The lowest BCUT2D eigenvalue weighted by Gasteiger charge is -2.39. The van der Waals surface area contributed by atoms with Crippen molar-refractivity contribution in [2.75, 3.05) is 31.5 Å². The van der Waals surface area contributed by atoms with Gasteiger partial charge in [-0.25, -0.2) is 0 Å². The van der Waals surface area contributed by atoms with Crippen LogP contribution >= 0.6 is 0 Å². The summed E-state index contributed by atoms with van der Waals surface area (Å²) < 4.78 is 0. The average molecular weight is 376 g/mol. The Balaban J connectivity index is 1.92. The Labute approximate surface area is 162 Å². The van der Waals surface area contributed by atoms with Crippen LogP contribution in [0, 0.1) is 0 Å². The molecule has 150 valence electrons. The minimum Gasteiger partial charge on any atom is -0.480 e. The number of amides is 1. The lowest BCUT2D eigenvalue weighted by atomic mass is 10.00. The molecule has 1 fully saturated rings. The van der Waals surface area contributed by atoms with Gasteiger partial charge in [-0.3, -0.25) is 19.4 Å². The molecular formula is C21H33N3O3. The SMILES string of the molecule is CCN(CC(=O)O)C1CCN(C(C)C(=O)Nc2ccccc2C(C)C)CC1. The Bertz CT molecular complexity index is 639. The van der Waals surface area contributed by atoms with Gasteiger partial charge in [0.1, 0.15) is 0 Å². The Kier molecular flexibility index (Phi) is 7.80. The zero-order chi connectivity index (χ0) is 20.0. The van der Waals surface area contributed by atoms with Crippen molar-refractivity contribution in [1.29, 1.82) is 0 Å². The molecule has 0 radical (unpaired) electrons. The van der Waals surface area contributed by atoms with E-state index in [2.05, 4.69) is 30.1 Å². The highest BCUT2D eigenvalue weighted by molar-refractivity contribution is 5.95. The molecule has 1 aliphatic rings. The smallest absolute Gasteiger partial charge is 0.317 e. The molecule has 2 rings (SSSR count). The monoisotopic (exact) mass is 375 g/mol. The van der Waals surface area contributed by atoms with Crippen LogP contribution in [0.15, 0.2) is 24.3 Å². The number of anilines is 1. The number of carbonyl (C=O) groups excluding carboxylic acids is 1. The zero-order valence-corrected chi connectivity index (χ0v) is 16.9. The molecule has 1 saturated heterocycles. The first-order chi connectivity index (χ1) is 12.8. The number of aliphatic carboxylic acids is 1. The van der Waals surface area contributed by atoms with Gasteiger partial charge in [0.05, 0.1) is 12.6 Å². The molecule has 6 nitrogen and oxygen atoms in total. The molecule has 1 aromatic rings. The Morgan fingerprint density at radius 1 is 1.22 bits per heavy atom. The van der Waals surface area contributed by atoms with E-state index in [9.17, 15) is 9.59 Å². The van der Waals surface area contributed by atoms with Crippen molar-refractivity contribution in [3.63, 3.8) is 0 Å². The van der Waals surface area contributed by atoms with Gasteiger partial charge in [0.15, 0.2) is 0 Å². The largest absolute Gasteiger partial charge is 0.480 e. The molecule has 1 aromatic carbocycles. The first kappa shape index (κ1) is 21.4. The van der Waals surface area contributed by atoms with Crippen molar-refractivity contribution in [3.05, 3.63) is 29.8 Å². The molecule has 1 atom stereocenters. The van der Waals surface area contributed by atoms with Crippen LogP contribution in [-0.4, -0.2) is 65.0 Å². The standard InChI is InChI=1S/C21H33N3O3/c1-5-23(14-20(25)26)17-10-12-24(13-11-17)16(4)21(27)22-19-9-7-6-8-18(19)15(2)3/h6-9,15-17H,5,10-14H2,1-4H3,(H,22,27)(H,25,26). The fourth-order valence-corrected chi connectivity index (χ4v) is 3.83. The highest BCUT2D eigenvalue weighted by Crippen LogP contribution is 2.24. The van der Waals surface area contributed by atoms with E-state index in [4.69, 9.17) is 5.11 Å². The van der Waals surface area contributed by atoms with E-state index >= 15 is 0 Å². The predicted octanol–water partition coefficient (Wildman–Crippen LogP) is 3.01. The number of carboxylic acid groups (broad SMARTS) is 1. The molecule has 0 bridgehead atoms. The summed E-state index contributed by atoms with van der Waals surface area (Å²) in [6, 6.07) is 8.02. The van der Waals surface area contributed by atoms with Gasteiger partial charge in [-0.1, -0.05) is 39.0 Å². The summed E-state index contributed by atoms with van der Waals surface area (Å²) in [5.41, 5.74) is 2.03. The Morgan fingerprint density at radius 3 is 2.41 bits per heavy atom. The number of hydrogen-bond donors (Lipinski definition) is 2. The third-order valence-electron chi connectivity index (χ3n) is 5.53. The maximum absolute atomic E-state index is 12.8. The summed E-state index contributed by atoms with van der Waals surface area (Å²) in [6.07, 6.45) is 1.78. The molecule has 1 heterocycles. The number of nitrogens with zero attached hydrogens (tertiary/aromatic N) is 2. The molecular weight excluding hydrogens is 342 g/mol. The van der Waals surface area contributed by atoms with E-state index in [1.165, 1.54) is 0 Å². The molecule has 2 N–H and O–H groups in total. The second kappa shape index (κ2) is 9.85. The summed E-state index contributed by atoms with van der Waals surface area (Å²) in [6.45, 7) is 10.6. The number of benzene rings is 1. The normalized spacial score (nSPS) is 17.3. The maximum Gasteiger partial charge on any atom is 0.317 e. The van der Waals surface area contributed by atoms with Crippen molar-refractivity contribution >= 4 is 17.6 Å². The van der Waals surface area contributed by atoms with Crippen LogP contribution < -0.4 is 5.32 Å². The highest BCUT2D eigenvalue weighted by Gasteiger charge is 2.29. The average Bonchev–Trinajstić information content (AvgIpc) is 2.65. The van der Waals surface area contributed by atoms with Gasteiger partial charge in [0.25, 0.3) is 0 Å². The van der Waals surface area contributed by atoms with Crippen molar-refractivity contribution < 1.29 is 14.7 Å². The molecule has 1 amide bonds. The lowest BCUT2D eigenvalue weighted by molar-refractivity contribution is -0.139. The molecule has 0 aromatic heterocycles. The predicted molar refractivity (Wildman–Crippen MR) is 108 cm³/mol. The minimum atomic E-state index is -0.782. The minimum absolute atomic E-state index is 0.0134. The van der Waals surface area contributed by atoms with Gasteiger partial charge in [-0.05, 0) is 43.9 Å². The number of likely N-dealkylation sites (tertiary alicyclic amines) is 1. The highest BCUT2D eigenvalue weighted by atomic mass is 16.4. The summed E-state index contributed by atoms with van der Waals surface area (Å²) >= 11 is 0. The molecule has 27 heavy (non-hydrogen) atoms. The van der Waals surface area contributed by atoms with E-state index in [0.29, 0.717) is 5.92 Å². The second-order valence-corrected chi connectivity index (χ2v) is 7.63. The van der Waals surface area contributed by atoms with Gasteiger partial charge in [-0.15, -0.1) is 0 Å². The van der Waals surface area contributed by atoms with Crippen LogP contribution in [0.5, 0.6) is 0 Å². The first-order valence-electron chi connectivity index (χ1n) is 9.93. The lowest BCUT2D eigenvalue weighted by Crippen LogP contribution is -2.51. The summed E-state index contributed by atoms with van der Waals surface area (Å²) in [7, 11) is 0.